The average Bonchev–Trinajstić information content (AvgIpc) is 2.92. The van der Waals surface area contributed by atoms with E-state index in [0.717, 1.165) is 11.1 Å². The van der Waals surface area contributed by atoms with Crippen LogP contribution >= 0.6 is 0 Å². The zero-order chi connectivity index (χ0) is 28.7. The minimum absolute atomic E-state index is 0. The van der Waals surface area contributed by atoms with Gasteiger partial charge in [0.15, 0.2) is 0 Å². The number of hydrogen-bond acceptors (Lipinski definition) is 3. The molecule has 3 aromatic carbocycles. The molecule has 41 heavy (non-hydrogen) atoms. The van der Waals surface area contributed by atoms with Crippen LogP contribution in [0.25, 0.3) is 44.9 Å². The van der Waals surface area contributed by atoms with Gasteiger partial charge in [-0.05, 0) is 57.3 Å². The van der Waals surface area contributed by atoms with Crippen LogP contribution in [0.5, 0.6) is 5.75 Å². The molecule has 0 aliphatic rings. The molecule has 3 nitrogen and oxygen atoms in total. The van der Waals surface area contributed by atoms with Gasteiger partial charge in [0.05, 0.1) is 11.5 Å². The van der Waals surface area contributed by atoms with Gasteiger partial charge in [0, 0.05) is 44.2 Å². The van der Waals surface area contributed by atoms with Crippen molar-refractivity contribution in [1.82, 2.24) is 9.97 Å². The molecule has 0 saturated heterocycles. The fourth-order valence-electron chi connectivity index (χ4n) is 4.65. The van der Waals surface area contributed by atoms with Crippen molar-refractivity contribution in [2.24, 2.45) is 0 Å². The molecule has 0 aliphatic carbocycles. The van der Waals surface area contributed by atoms with E-state index < -0.39 is 5.82 Å². The van der Waals surface area contributed by atoms with Crippen LogP contribution in [0.1, 0.15) is 52.7 Å². The molecule has 5 aromatic rings. The summed E-state index contributed by atoms with van der Waals surface area (Å²) in [5, 5.41) is 10.7. The number of nitrogens with zero attached hydrogens (tertiary/aromatic N) is 2. The Morgan fingerprint density at radius 1 is 0.683 bits per heavy atom. The van der Waals surface area contributed by atoms with E-state index in [0.29, 0.717) is 33.8 Å². The molecule has 0 amide bonds. The number of phenols is 1. The van der Waals surface area contributed by atoms with E-state index in [2.05, 4.69) is 70.8 Å². The van der Waals surface area contributed by atoms with Crippen LogP contribution in [-0.2, 0) is 31.9 Å². The summed E-state index contributed by atoms with van der Waals surface area (Å²) in [6.07, 6.45) is 1.64. The van der Waals surface area contributed by atoms with Gasteiger partial charge in [-0.1, -0.05) is 107 Å². The summed E-state index contributed by atoms with van der Waals surface area (Å²) in [7, 11) is 0. The van der Waals surface area contributed by atoms with Crippen LogP contribution in [0.15, 0.2) is 91.1 Å². The molecule has 2 heterocycles. The largest absolute Gasteiger partial charge is 0.507 e. The van der Waals surface area contributed by atoms with E-state index in [1.807, 2.05) is 30.3 Å². The number of hydrogen-bond donors (Lipinski definition) is 1. The summed E-state index contributed by atoms with van der Waals surface area (Å²) in [5.41, 5.74) is 7.72. The number of halogens is 1. The van der Waals surface area contributed by atoms with Gasteiger partial charge in [-0.2, -0.15) is 0 Å². The molecule has 0 atom stereocenters. The number of phenolic OH excluding ortho intramolecular Hbond substituents is 1. The molecule has 1 N–H and O–H groups in total. The second-order valence-electron chi connectivity index (χ2n) is 12.3. The molecule has 0 spiro atoms. The molecule has 0 radical (unpaired) electrons. The first-order chi connectivity index (χ1) is 18.9. The van der Waals surface area contributed by atoms with Crippen molar-refractivity contribution in [2.75, 3.05) is 0 Å². The van der Waals surface area contributed by atoms with Crippen molar-refractivity contribution < 1.29 is 30.6 Å². The SMILES string of the molecule is CC(C)(C)c1cc(-c2cc(-c3[c-]c(-c4ccccn4)c(F)cc3)nc(-c3ccccc3O)c2)cc(C(C)(C)C)c1.[Pt]. The average molecular weight is 725 g/mol. The predicted octanol–water partition coefficient (Wildman–Crippen LogP) is 9.38. The maximum absolute atomic E-state index is 14.9. The summed E-state index contributed by atoms with van der Waals surface area (Å²) in [6.45, 7) is 13.3. The van der Waals surface area contributed by atoms with Gasteiger partial charge in [0.25, 0.3) is 0 Å². The zero-order valence-electron chi connectivity index (χ0n) is 24.2. The molecule has 5 rings (SSSR count). The van der Waals surface area contributed by atoms with E-state index >= 15 is 0 Å². The first kappa shape index (κ1) is 30.3. The molecule has 5 heteroatoms. The van der Waals surface area contributed by atoms with Gasteiger partial charge in [0.1, 0.15) is 5.75 Å². The Labute approximate surface area is 256 Å². The van der Waals surface area contributed by atoms with Crippen molar-refractivity contribution in [3.8, 4) is 50.6 Å². The summed E-state index contributed by atoms with van der Waals surface area (Å²) in [6, 6.07) is 29.7. The van der Waals surface area contributed by atoms with Crippen LogP contribution in [0.3, 0.4) is 0 Å². The van der Waals surface area contributed by atoms with Gasteiger partial charge in [-0.3, -0.25) is 14.4 Å². The quantitative estimate of drug-likeness (QED) is 0.188. The fraction of sp³-hybridized carbons (Fsp3) is 0.222. The molecule has 0 fully saturated rings. The van der Waals surface area contributed by atoms with E-state index in [-0.39, 0.29) is 37.6 Å². The van der Waals surface area contributed by atoms with E-state index in [1.54, 1.807) is 36.5 Å². The Bertz CT molecular complexity index is 1650. The third-order valence-corrected chi connectivity index (χ3v) is 7.10. The molecule has 0 unspecified atom stereocenters. The number of rotatable bonds is 4. The van der Waals surface area contributed by atoms with Crippen LogP contribution in [-0.4, -0.2) is 15.1 Å². The Morgan fingerprint density at radius 2 is 1.29 bits per heavy atom. The second-order valence-corrected chi connectivity index (χ2v) is 12.3. The maximum Gasteiger partial charge on any atom is 0.124 e. The van der Waals surface area contributed by atoms with E-state index in [4.69, 9.17) is 4.98 Å². The Kier molecular flexibility index (Phi) is 8.66. The predicted molar refractivity (Wildman–Crippen MR) is 162 cm³/mol. The zero-order valence-corrected chi connectivity index (χ0v) is 26.5. The Balaban J connectivity index is 0.00000387. The first-order valence-corrected chi connectivity index (χ1v) is 13.5. The van der Waals surface area contributed by atoms with E-state index in [9.17, 15) is 9.50 Å². The topological polar surface area (TPSA) is 46.0 Å². The fourth-order valence-corrected chi connectivity index (χ4v) is 4.65. The standard InChI is InChI=1S/C36H34FN2O.Pt/c1-35(2,3)26-17-24(18-27(22-26)36(4,5)6)25-20-32(39-33(21-25)28-11-7-8-13-34(28)40)23-14-15-30(37)29(19-23)31-12-9-10-16-38-31;/h7-18,20-22,40H,1-6H3;/q-1;. The smallest absolute Gasteiger partial charge is 0.124 e. The third-order valence-electron chi connectivity index (χ3n) is 7.10. The normalized spacial score (nSPS) is 11.7. The minimum atomic E-state index is -0.396. The van der Waals surface area contributed by atoms with Crippen molar-refractivity contribution in [3.05, 3.63) is 114 Å². The number of aromatic nitrogens is 2. The molecule has 2 aromatic heterocycles. The summed E-state index contributed by atoms with van der Waals surface area (Å²) < 4.78 is 14.9. The Morgan fingerprint density at radius 3 is 1.90 bits per heavy atom. The maximum atomic E-state index is 14.9. The molecular weight excluding hydrogens is 690 g/mol. The number of benzene rings is 3. The minimum Gasteiger partial charge on any atom is -0.507 e. The summed E-state index contributed by atoms with van der Waals surface area (Å²) in [5.74, 6) is -0.249. The monoisotopic (exact) mass is 724 g/mol. The van der Waals surface area contributed by atoms with Crippen LogP contribution in [0, 0.1) is 11.9 Å². The van der Waals surface area contributed by atoms with Gasteiger partial charge < -0.3 is 5.11 Å². The van der Waals surface area contributed by atoms with Gasteiger partial charge >= 0.3 is 0 Å². The van der Waals surface area contributed by atoms with Crippen LogP contribution in [0.4, 0.5) is 4.39 Å². The molecule has 0 saturated carbocycles. The van der Waals surface area contributed by atoms with Crippen LogP contribution in [0.2, 0.25) is 0 Å². The summed E-state index contributed by atoms with van der Waals surface area (Å²) >= 11 is 0. The van der Waals surface area contributed by atoms with Crippen molar-refractivity contribution >= 4 is 0 Å². The molecule has 0 aliphatic heterocycles. The van der Waals surface area contributed by atoms with Crippen molar-refractivity contribution in [1.29, 1.82) is 0 Å². The third kappa shape index (κ3) is 6.65. The van der Waals surface area contributed by atoms with Gasteiger partial charge in [-0.15, -0.1) is 12.1 Å². The van der Waals surface area contributed by atoms with Gasteiger partial charge in [0.2, 0.25) is 0 Å². The van der Waals surface area contributed by atoms with E-state index in [1.165, 1.54) is 17.2 Å². The molecular formula is C36H34FN2OPt-. The van der Waals surface area contributed by atoms with Crippen molar-refractivity contribution in [2.45, 2.75) is 52.4 Å². The van der Waals surface area contributed by atoms with Crippen molar-refractivity contribution in [3.63, 3.8) is 0 Å². The first-order valence-electron chi connectivity index (χ1n) is 13.5. The Hall–Kier alpha value is -3.62. The molecule has 0 bridgehead atoms. The summed E-state index contributed by atoms with van der Waals surface area (Å²) in [4.78, 5) is 9.26. The number of para-hydroxylation sites is 1. The number of pyridine rings is 2. The van der Waals surface area contributed by atoms with Crippen LogP contribution < -0.4 is 0 Å². The second kappa shape index (κ2) is 11.7. The number of aromatic hydroxyl groups is 1. The van der Waals surface area contributed by atoms with Gasteiger partial charge in [-0.25, -0.2) is 0 Å². The molecule has 212 valence electrons.